The van der Waals surface area contributed by atoms with Crippen molar-refractivity contribution in [1.82, 2.24) is 0 Å². The third kappa shape index (κ3) is 48.7. The van der Waals surface area contributed by atoms with Crippen molar-refractivity contribution in [1.29, 1.82) is 0 Å². The van der Waals surface area contributed by atoms with Crippen LogP contribution in [0.1, 0.15) is 284 Å². The molecule has 0 spiro atoms. The van der Waals surface area contributed by atoms with Gasteiger partial charge in [-0.2, -0.15) is 0 Å². The summed E-state index contributed by atoms with van der Waals surface area (Å²) in [5, 5.41) is 0. The summed E-state index contributed by atoms with van der Waals surface area (Å²) in [6.07, 6.45) is 59.8. The van der Waals surface area contributed by atoms with Gasteiger partial charge in [-0.25, -0.2) is 0 Å². The largest absolute Gasteiger partial charge is 0.462 e. The second-order valence-electron chi connectivity index (χ2n) is 18.1. The second kappa shape index (κ2) is 51.3. The maximum Gasteiger partial charge on any atom is 0.306 e. The number of carbonyl (C=O) groups is 3. The molecule has 0 fully saturated rings. The van der Waals surface area contributed by atoms with E-state index in [1.165, 1.54) is 148 Å². The molecule has 0 aliphatic rings. The van der Waals surface area contributed by atoms with Crippen molar-refractivity contribution in [3.8, 4) is 0 Å². The molecule has 0 saturated carbocycles. The first-order valence-electron chi connectivity index (χ1n) is 27.0. The molecule has 6 heteroatoms. The highest BCUT2D eigenvalue weighted by atomic mass is 16.6. The van der Waals surface area contributed by atoms with Gasteiger partial charge in [-0.1, -0.05) is 250 Å². The van der Waals surface area contributed by atoms with Gasteiger partial charge >= 0.3 is 17.9 Å². The molecule has 6 nitrogen and oxygen atoms in total. The Balaban J connectivity index is 4.36. The van der Waals surface area contributed by atoms with Crippen LogP contribution < -0.4 is 0 Å². The highest BCUT2D eigenvalue weighted by Crippen LogP contribution is 2.16. The molecular weight excluding hydrogens is 769 g/mol. The Morgan fingerprint density at radius 2 is 0.629 bits per heavy atom. The lowest BCUT2D eigenvalue weighted by molar-refractivity contribution is -0.167. The normalized spacial score (nSPS) is 12.2. The van der Waals surface area contributed by atoms with Gasteiger partial charge in [-0.15, -0.1) is 0 Å². The highest BCUT2D eigenvalue weighted by Gasteiger charge is 2.19. The summed E-state index contributed by atoms with van der Waals surface area (Å²) < 4.78 is 16.8. The first-order chi connectivity index (χ1) is 30.5. The van der Waals surface area contributed by atoms with Crippen molar-refractivity contribution in [2.45, 2.75) is 290 Å². The summed E-state index contributed by atoms with van der Waals surface area (Å²) in [7, 11) is 0. The van der Waals surface area contributed by atoms with Crippen LogP contribution in [-0.2, 0) is 28.6 Å². The predicted octanol–water partition coefficient (Wildman–Crippen LogP) is 17.7. The maximum atomic E-state index is 12.8. The summed E-state index contributed by atoms with van der Waals surface area (Å²) in [4.78, 5) is 38.0. The lowest BCUT2D eigenvalue weighted by atomic mass is 10.0. The molecule has 1 unspecified atom stereocenters. The van der Waals surface area contributed by atoms with Gasteiger partial charge in [-0.3, -0.25) is 14.4 Å². The smallest absolute Gasteiger partial charge is 0.306 e. The number of esters is 3. The summed E-state index contributed by atoms with van der Waals surface area (Å²) in [6.45, 7) is 6.54. The lowest BCUT2D eigenvalue weighted by Crippen LogP contribution is -2.30. The Kier molecular flexibility index (Phi) is 49.3. The minimum Gasteiger partial charge on any atom is -0.462 e. The second-order valence-corrected chi connectivity index (χ2v) is 18.1. The van der Waals surface area contributed by atoms with E-state index in [1.54, 1.807) is 0 Å². The van der Waals surface area contributed by atoms with Gasteiger partial charge in [0.1, 0.15) is 13.2 Å². The number of hydrogen-bond donors (Lipinski definition) is 0. The average Bonchev–Trinajstić information content (AvgIpc) is 3.27. The molecule has 0 aromatic carbocycles. The van der Waals surface area contributed by atoms with Gasteiger partial charge in [0.05, 0.1) is 0 Å². The zero-order valence-corrected chi connectivity index (χ0v) is 41.4. The molecule has 0 aliphatic carbocycles. The van der Waals surface area contributed by atoms with Crippen LogP contribution in [0.25, 0.3) is 0 Å². The van der Waals surface area contributed by atoms with E-state index in [1.807, 2.05) is 0 Å². The van der Waals surface area contributed by atoms with E-state index in [9.17, 15) is 14.4 Å². The fourth-order valence-corrected chi connectivity index (χ4v) is 7.87. The van der Waals surface area contributed by atoms with Gasteiger partial charge in [-0.05, 0) is 51.4 Å². The third-order valence-corrected chi connectivity index (χ3v) is 11.9. The van der Waals surface area contributed by atoms with Crippen LogP contribution in [0.3, 0.4) is 0 Å². The van der Waals surface area contributed by atoms with Crippen LogP contribution in [0, 0.1) is 0 Å². The van der Waals surface area contributed by atoms with Gasteiger partial charge < -0.3 is 14.2 Å². The molecular formula is C56H102O6. The zero-order chi connectivity index (χ0) is 45.1. The van der Waals surface area contributed by atoms with Crippen molar-refractivity contribution >= 4 is 17.9 Å². The van der Waals surface area contributed by atoms with E-state index in [2.05, 4.69) is 57.2 Å². The van der Waals surface area contributed by atoms with Gasteiger partial charge in [0.2, 0.25) is 0 Å². The molecule has 0 bridgehead atoms. The molecule has 0 N–H and O–H groups in total. The molecule has 0 amide bonds. The Hall–Kier alpha value is -2.37. The maximum absolute atomic E-state index is 12.8. The summed E-state index contributed by atoms with van der Waals surface area (Å²) in [5.74, 6) is -0.877. The van der Waals surface area contributed by atoms with Crippen LogP contribution in [-0.4, -0.2) is 37.2 Å². The van der Waals surface area contributed by atoms with Crippen molar-refractivity contribution in [2.24, 2.45) is 0 Å². The van der Waals surface area contributed by atoms with Crippen molar-refractivity contribution in [2.75, 3.05) is 13.2 Å². The van der Waals surface area contributed by atoms with Crippen LogP contribution >= 0.6 is 0 Å². The first kappa shape index (κ1) is 59.6. The Bertz CT molecular complexity index is 1050. The fourth-order valence-electron chi connectivity index (χ4n) is 7.87. The number of hydrogen-bond acceptors (Lipinski definition) is 6. The summed E-state index contributed by atoms with van der Waals surface area (Å²) >= 11 is 0. The molecule has 0 aliphatic heterocycles. The first-order valence-corrected chi connectivity index (χ1v) is 27.0. The minimum absolute atomic E-state index is 0.0747. The number of ether oxygens (including phenoxy) is 3. The Morgan fingerprint density at radius 1 is 0.339 bits per heavy atom. The van der Waals surface area contributed by atoms with Crippen LogP contribution in [0.5, 0.6) is 0 Å². The van der Waals surface area contributed by atoms with E-state index in [-0.39, 0.29) is 31.1 Å². The van der Waals surface area contributed by atoms with Crippen LogP contribution in [0.4, 0.5) is 0 Å². The molecule has 1 atom stereocenters. The number of unbranched alkanes of at least 4 members (excludes halogenated alkanes) is 32. The Morgan fingerprint density at radius 3 is 0.984 bits per heavy atom. The third-order valence-electron chi connectivity index (χ3n) is 11.9. The standard InChI is InChI=1S/C56H102O6/c1-4-7-10-13-16-19-22-25-27-29-31-34-37-40-43-46-49-55(58)61-52-53(51-60-54(57)48-45-42-39-36-33-30-24-21-18-15-12-9-6-3)62-56(59)50-47-44-41-38-35-32-28-26-23-20-17-14-11-8-5-2/h8,11,17,20,26,28,53H,4-7,9-10,12-16,18-19,21-25,27,29-52H2,1-3H3/b11-8-,20-17-,28-26-. The van der Waals surface area contributed by atoms with E-state index < -0.39 is 6.10 Å². The van der Waals surface area contributed by atoms with Crippen molar-refractivity contribution in [3.05, 3.63) is 36.5 Å². The molecule has 362 valence electrons. The zero-order valence-electron chi connectivity index (χ0n) is 41.4. The van der Waals surface area contributed by atoms with E-state index >= 15 is 0 Å². The number of allylic oxidation sites excluding steroid dienone is 6. The fraction of sp³-hybridized carbons (Fsp3) is 0.839. The molecule has 0 aromatic rings. The Labute approximate surface area is 385 Å². The molecule has 0 aromatic heterocycles. The summed E-state index contributed by atoms with van der Waals surface area (Å²) in [5.41, 5.74) is 0. The average molecular weight is 871 g/mol. The van der Waals surface area contributed by atoms with Gasteiger partial charge in [0, 0.05) is 19.3 Å². The van der Waals surface area contributed by atoms with E-state index in [0.717, 1.165) is 96.3 Å². The number of carbonyl (C=O) groups excluding carboxylic acids is 3. The topological polar surface area (TPSA) is 78.9 Å². The van der Waals surface area contributed by atoms with Crippen LogP contribution in [0.2, 0.25) is 0 Å². The monoisotopic (exact) mass is 871 g/mol. The molecule has 62 heavy (non-hydrogen) atoms. The molecule has 0 heterocycles. The predicted molar refractivity (Wildman–Crippen MR) is 266 cm³/mol. The van der Waals surface area contributed by atoms with Crippen LogP contribution in [0.15, 0.2) is 36.5 Å². The quantitative estimate of drug-likeness (QED) is 0.0262. The van der Waals surface area contributed by atoms with Crippen molar-refractivity contribution in [3.63, 3.8) is 0 Å². The summed E-state index contributed by atoms with van der Waals surface area (Å²) in [6, 6.07) is 0. The SMILES string of the molecule is CC/C=C\C/C=C\C/C=C\CCCCCCCC(=O)OC(COC(=O)CCCCCCCCCCCCCCC)COC(=O)CCCCCCCCCCCCCCCCCC. The molecule has 0 saturated heterocycles. The van der Waals surface area contributed by atoms with E-state index in [0.29, 0.717) is 19.3 Å². The molecule has 0 radical (unpaired) electrons. The van der Waals surface area contributed by atoms with Crippen molar-refractivity contribution < 1.29 is 28.6 Å². The highest BCUT2D eigenvalue weighted by molar-refractivity contribution is 5.71. The van der Waals surface area contributed by atoms with E-state index in [4.69, 9.17) is 14.2 Å². The number of rotatable bonds is 49. The van der Waals surface area contributed by atoms with Gasteiger partial charge in [0.25, 0.3) is 0 Å². The molecule has 0 rings (SSSR count). The minimum atomic E-state index is -0.776. The van der Waals surface area contributed by atoms with Gasteiger partial charge in [0.15, 0.2) is 6.10 Å². The lowest BCUT2D eigenvalue weighted by Gasteiger charge is -2.18.